The van der Waals surface area contributed by atoms with E-state index in [9.17, 15) is 27.6 Å². The van der Waals surface area contributed by atoms with Crippen LogP contribution in [0.3, 0.4) is 0 Å². The molecule has 0 radical (unpaired) electrons. The highest BCUT2D eigenvalue weighted by Gasteiger charge is 2.37. The van der Waals surface area contributed by atoms with Crippen LogP contribution in [0.1, 0.15) is 18.1 Å². The van der Waals surface area contributed by atoms with Crippen LogP contribution in [0, 0.1) is 0 Å². The second-order valence-corrected chi connectivity index (χ2v) is 8.46. The highest BCUT2D eigenvalue weighted by Crippen LogP contribution is 2.36. The predicted molar refractivity (Wildman–Crippen MR) is 133 cm³/mol. The van der Waals surface area contributed by atoms with Crippen molar-refractivity contribution in [1.82, 2.24) is 4.90 Å². The molecule has 0 aromatic heterocycles. The number of methoxy groups -OCH3 is 1. The van der Waals surface area contributed by atoms with Crippen molar-refractivity contribution in [2.45, 2.75) is 13.1 Å². The maximum Gasteiger partial charge on any atom is 0.416 e. The van der Waals surface area contributed by atoms with Crippen LogP contribution in [0.15, 0.2) is 54.0 Å². The second-order valence-electron chi connectivity index (χ2n) is 7.47. The number of rotatable bonds is 10. The fourth-order valence-corrected chi connectivity index (χ4v) is 4.09. The molecule has 12 heteroatoms. The van der Waals surface area contributed by atoms with Crippen molar-refractivity contribution >= 4 is 40.6 Å². The molecule has 8 nitrogen and oxygen atoms in total. The van der Waals surface area contributed by atoms with E-state index in [4.69, 9.17) is 14.2 Å². The first-order valence-electron chi connectivity index (χ1n) is 10.9. The molecule has 0 saturated carbocycles. The van der Waals surface area contributed by atoms with E-state index >= 15 is 0 Å². The summed E-state index contributed by atoms with van der Waals surface area (Å²) in [6.07, 6.45) is -1.58. The van der Waals surface area contributed by atoms with Gasteiger partial charge >= 0.3 is 6.18 Å². The number of carbonyl (C=O) groups excluding carboxylic acids is 3. The van der Waals surface area contributed by atoms with E-state index in [1.165, 1.54) is 13.2 Å². The number of ether oxygens (including phenoxy) is 3. The van der Waals surface area contributed by atoms with Gasteiger partial charge in [0.15, 0.2) is 11.5 Å². The van der Waals surface area contributed by atoms with E-state index in [1.54, 1.807) is 31.2 Å². The lowest BCUT2D eigenvalue weighted by atomic mass is 10.1. The Morgan fingerprint density at radius 3 is 2.49 bits per heavy atom. The van der Waals surface area contributed by atoms with Gasteiger partial charge in [-0.3, -0.25) is 19.3 Å². The quantitative estimate of drug-likeness (QED) is 0.323. The van der Waals surface area contributed by atoms with Gasteiger partial charge in [-0.25, -0.2) is 0 Å². The standard InChI is InChI=1S/C25H23F3N2O6S/c1-4-10-36-19-8-6-15(11-20(19)35-5-2)12-21-23(32)30(24(33)37-21)14-22(31)29-17-13-16(25(26,27)28)7-9-18(17)34-3/h4,6-9,11-13H,1,5,10,14H2,2-3H3,(H,29,31)/b21-12-. The molecule has 0 aliphatic carbocycles. The van der Waals surface area contributed by atoms with Gasteiger partial charge in [0.25, 0.3) is 11.1 Å². The molecule has 2 aromatic carbocycles. The lowest BCUT2D eigenvalue weighted by Gasteiger charge is -2.16. The molecule has 1 fully saturated rings. The average Bonchev–Trinajstić information content (AvgIpc) is 3.10. The van der Waals surface area contributed by atoms with Crippen molar-refractivity contribution in [3.8, 4) is 17.2 Å². The third-order valence-corrected chi connectivity index (χ3v) is 5.81. The predicted octanol–water partition coefficient (Wildman–Crippen LogP) is 5.35. The summed E-state index contributed by atoms with van der Waals surface area (Å²) in [6, 6.07) is 7.55. The number of carbonyl (C=O) groups is 3. The SMILES string of the molecule is C=CCOc1ccc(/C=C2\SC(=O)N(CC(=O)Nc3cc(C(F)(F)F)ccc3OC)C2=O)cc1OCC. The van der Waals surface area contributed by atoms with Gasteiger partial charge in [-0.2, -0.15) is 13.2 Å². The first kappa shape index (κ1) is 27.7. The van der Waals surface area contributed by atoms with Gasteiger partial charge in [-0.1, -0.05) is 18.7 Å². The van der Waals surface area contributed by atoms with Crippen LogP contribution in [-0.2, 0) is 15.8 Å². The molecule has 0 atom stereocenters. The minimum Gasteiger partial charge on any atom is -0.495 e. The molecule has 1 aliphatic rings. The molecule has 0 unspecified atom stereocenters. The van der Waals surface area contributed by atoms with Crippen molar-refractivity contribution in [2.24, 2.45) is 0 Å². The monoisotopic (exact) mass is 536 g/mol. The van der Waals surface area contributed by atoms with Crippen molar-refractivity contribution in [2.75, 3.05) is 32.2 Å². The number of hydrogen-bond acceptors (Lipinski definition) is 7. The highest BCUT2D eigenvalue weighted by molar-refractivity contribution is 8.18. The Labute approximate surface area is 215 Å². The lowest BCUT2D eigenvalue weighted by molar-refractivity contribution is -0.137. The number of nitrogens with one attached hydrogen (secondary N) is 1. The Morgan fingerprint density at radius 2 is 1.84 bits per heavy atom. The minimum absolute atomic E-state index is 0.0130. The fourth-order valence-electron chi connectivity index (χ4n) is 3.25. The third-order valence-electron chi connectivity index (χ3n) is 4.90. The molecule has 37 heavy (non-hydrogen) atoms. The summed E-state index contributed by atoms with van der Waals surface area (Å²) >= 11 is 0.635. The summed E-state index contributed by atoms with van der Waals surface area (Å²) in [5.41, 5.74) is -0.685. The van der Waals surface area contributed by atoms with Crippen LogP contribution < -0.4 is 19.5 Å². The number of thioether (sulfide) groups is 1. The first-order valence-corrected chi connectivity index (χ1v) is 11.7. The number of alkyl halides is 3. The Bertz CT molecular complexity index is 1250. The largest absolute Gasteiger partial charge is 0.495 e. The number of anilines is 1. The van der Waals surface area contributed by atoms with E-state index in [1.807, 2.05) is 0 Å². The summed E-state index contributed by atoms with van der Waals surface area (Å²) in [5, 5.41) is 1.58. The van der Waals surface area contributed by atoms with Crippen molar-refractivity contribution < 1.29 is 41.8 Å². The third kappa shape index (κ3) is 6.85. The van der Waals surface area contributed by atoms with Crippen molar-refractivity contribution in [1.29, 1.82) is 0 Å². The summed E-state index contributed by atoms with van der Waals surface area (Å²) in [5.74, 6) is -0.684. The van der Waals surface area contributed by atoms with E-state index < -0.39 is 35.3 Å². The van der Waals surface area contributed by atoms with E-state index in [-0.39, 0.29) is 22.9 Å². The van der Waals surface area contributed by atoms with Crippen LogP contribution in [0.4, 0.5) is 23.7 Å². The molecule has 1 saturated heterocycles. The van der Waals surface area contributed by atoms with Crippen LogP contribution in [0.25, 0.3) is 6.08 Å². The molecule has 0 spiro atoms. The zero-order chi connectivity index (χ0) is 27.2. The summed E-state index contributed by atoms with van der Waals surface area (Å²) in [4.78, 5) is 38.6. The number of imide groups is 1. The second kappa shape index (κ2) is 11.9. The Hall–Kier alpha value is -3.93. The van der Waals surface area contributed by atoms with Gasteiger partial charge < -0.3 is 19.5 Å². The van der Waals surface area contributed by atoms with E-state index in [0.29, 0.717) is 46.4 Å². The number of nitrogens with zero attached hydrogens (tertiary/aromatic N) is 1. The number of benzene rings is 2. The maximum absolute atomic E-state index is 13.1. The van der Waals surface area contributed by atoms with Gasteiger partial charge in [0.05, 0.1) is 29.9 Å². The molecule has 1 aliphatic heterocycles. The molecule has 1 heterocycles. The van der Waals surface area contributed by atoms with Gasteiger partial charge in [0.1, 0.15) is 18.9 Å². The van der Waals surface area contributed by atoms with E-state index in [2.05, 4.69) is 11.9 Å². The zero-order valence-corrected chi connectivity index (χ0v) is 20.7. The summed E-state index contributed by atoms with van der Waals surface area (Å²) in [6.45, 7) is 5.34. The van der Waals surface area contributed by atoms with E-state index in [0.717, 1.165) is 12.1 Å². The van der Waals surface area contributed by atoms with Crippen LogP contribution >= 0.6 is 11.8 Å². The average molecular weight is 537 g/mol. The number of hydrogen-bond donors (Lipinski definition) is 1. The smallest absolute Gasteiger partial charge is 0.416 e. The van der Waals surface area contributed by atoms with Gasteiger partial charge in [0, 0.05) is 0 Å². The van der Waals surface area contributed by atoms with Gasteiger partial charge in [-0.05, 0) is 60.7 Å². The molecule has 3 rings (SSSR count). The molecular formula is C25H23F3N2O6S. The Morgan fingerprint density at radius 1 is 1.11 bits per heavy atom. The van der Waals surface area contributed by atoms with Gasteiger partial charge in [0.2, 0.25) is 5.91 Å². The molecule has 2 aromatic rings. The minimum atomic E-state index is -4.64. The fraction of sp³-hybridized carbons (Fsp3) is 0.240. The summed E-state index contributed by atoms with van der Waals surface area (Å²) < 4.78 is 55.3. The molecule has 0 bridgehead atoms. The topological polar surface area (TPSA) is 94.2 Å². The molecule has 196 valence electrons. The Kier molecular flexibility index (Phi) is 8.87. The maximum atomic E-state index is 13.1. The molecule has 3 amide bonds. The zero-order valence-electron chi connectivity index (χ0n) is 19.9. The number of halogens is 3. The normalized spacial score (nSPS) is 14.6. The van der Waals surface area contributed by atoms with Crippen molar-refractivity contribution in [3.63, 3.8) is 0 Å². The number of amides is 3. The van der Waals surface area contributed by atoms with Crippen LogP contribution in [-0.4, -0.2) is 48.8 Å². The summed E-state index contributed by atoms with van der Waals surface area (Å²) in [7, 11) is 1.23. The Balaban J connectivity index is 1.76. The van der Waals surface area contributed by atoms with Crippen LogP contribution in [0.5, 0.6) is 17.2 Å². The van der Waals surface area contributed by atoms with Gasteiger partial charge in [-0.15, -0.1) is 0 Å². The molecule has 1 N–H and O–H groups in total. The van der Waals surface area contributed by atoms with Crippen molar-refractivity contribution in [3.05, 3.63) is 65.1 Å². The van der Waals surface area contributed by atoms with Crippen LogP contribution in [0.2, 0.25) is 0 Å². The molecular weight excluding hydrogens is 513 g/mol. The lowest BCUT2D eigenvalue weighted by Crippen LogP contribution is -2.36. The first-order chi connectivity index (χ1) is 17.6. The highest BCUT2D eigenvalue weighted by atomic mass is 32.2.